The summed E-state index contributed by atoms with van der Waals surface area (Å²) >= 11 is 0. The Hall–Kier alpha value is -0.980. The molecule has 0 saturated carbocycles. The highest BCUT2D eigenvalue weighted by atomic mass is 14.9. The Kier molecular flexibility index (Phi) is 2.31. The zero-order chi connectivity index (χ0) is 8.23. The Morgan fingerprint density at radius 2 is 2.17 bits per heavy atom. The number of hydrogen-bond donors (Lipinski definition) is 0. The smallest absolute Gasteiger partial charge is 0.0658 e. The first-order chi connectivity index (χ1) is 5.97. The minimum absolute atomic E-state index is 1.19. The fraction of sp³-hybridized carbons (Fsp3) is 0.455. The summed E-state index contributed by atoms with van der Waals surface area (Å²) in [6.07, 6.45) is 14.9. The molecule has 1 nitrogen and oxygen atoms in total. The molecule has 0 atom stereocenters. The van der Waals surface area contributed by atoms with Crippen molar-refractivity contribution in [2.45, 2.75) is 32.1 Å². The van der Waals surface area contributed by atoms with Crippen molar-refractivity contribution in [3.05, 3.63) is 35.7 Å². The summed E-state index contributed by atoms with van der Waals surface area (Å²) in [7, 11) is 0. The average molecular weight is 160 g/mol. The van der Waals surface area contributed by atoms with E-state index < -0.39 is 0 Å². The van der Waals surface area contributed by atoms with Gasteiger partial charge in [-0.3, -0.25) is 5.32 Å². The van der Waals surface area contributed by atoms with Crippen molar-refractivity contribution >= 4 is 0 Å². The van der Waals surface area contributed by atoms with E-state index >= 15 is 0 Å². The van der Waals surface area contributed by atoms with Crippen LogP contribution in [0.5, 0.6) is 0 Å². The molecule has 0 amide bonds. The lowest BCUT2D eigenvalue weighted by Gasteiger charge is -2.04. The Balaban J connectivity index is 2.06. The van der Waals surface area contributed by atoms with E-state index in [0.717, 1.165) is 0 Å². The molecule has 0 aromatic carbocycles. The van der Waals surface area contributed by atoms with Crippen LogP contribution in [0.2, 0.25) is 0 Å². The third kappa shape index (κ3) is 1.60. The molecule has 0 fully saturated rings. The van der Waals surface area contributed by atoms with Crippen molar-refractivity contribution in [1.29, 1.82) is 0 Å². The van der Waals surface area contributed by atoms with Crippen LogP contribution in [0.15, 0.2) is 35.7 Å². The van der Waals surface area contributed by atoms with E-state index in [1.165, 1.54) is 43.4 Å². The van der Waals surface area contributed by atoms with Gasteiger partial charge in [0.05, 0.1) is 5.70 Å². The van der Waals surface area contributed by atoms with Gasteiger partial charge in [0.15, 0.2) is 0 Å². The zero-order valence-electron chi connectivity index (χ0n) is 7.29. The van der Waals surface area contributed by atoms with E-state index in [1.54, 1.807) is 0 Å². The molecule has 1 aliphatic carbocycles. The third-order valence-electron chi connectivity index (χ3n) is 2.42. The topological polar surface area (TPSA) is 14.1 Å². The number of hydrogen-bond acceptors (Lipinski definition) is 0. The molecule has 2 aliphatic rings. The highest BCUT2D eigenvalue weighted by Crippen LogP contribution is 2.23. The standard InChI is InChI=1S/C11H14N/c1-2-4-7-10(6-3-1)11-8-5-9-12-11/h5-6,8-9H,1-4,7H2. The molecule has 0 aromatic heterocycles. The van der Waals surface area contributed by atoms with Crippen LogP contribution in [0.1, 0.15) is 32.1 Å². The molecule has 0 unspecified atom stereocenters. The van der Waals surface area contributed by atoms with Gasteiger partial charge in [0.1, 0.15) is 0 Å². The predicted octanol–water partition coefficient (Wildman–Crippen LogP) is 2.89. The number of nitrogens with zero attached hydrogens (tertiary/aromatic N) is 1. The fourth-order valence-corrected chi connectivity index (χ4v) is 1.74. The fourth-order valence-electron chi connectivity index (χ4n) is 1.74. The van der Waals surface area contributed by atoms with E-state index in [9.17, 15) is 0 Å². The lowest BCUT2D eigenvalue weighted by molar-refractivity contribution is 0.710. The summed E-state index contributed by atoms with van der Waals surface area (Å²) in [6.45, 7) is 0. The van der Waals surface area contributed by atoms with Gasteiger partial charge in [-0.05, 0) is 43.4 Å². The van der Waals surface area contributed by atoms with E-state index in [4.69, 9.17) is 0 Å². The molecular formula is C11H14N. The minimum Gasteiger partial charge on any atom is -0.257 e. The molecule has 1 heteroatoms. The van der Waals surface area contributed by atoms with Crippen molar-refractivity contribution < 1.29 is 0 Å². The van der Waals surface area contributed by atoms with Crippen LogP contribution in [-0.4, -0.2) is 0 Å². The molecule has 0 saturated heterocycles. The van der Waals surface area contributed by atoms with Gasteiger partial charge in [-0.15, -0.1) is 0 Å². The van der Waals surface area contributed by atoms with E-state index in [0.29, 0.717) is 0 Å². The van der Waals surface area contributed by atoms with Gasteiger partial charge in [-0.2, -0.15) is 0 Å². The van der Waals surface area contributed by atoms with Gasteiger partial charge in [0.2, 0.25) is 0 Å². The molecule has 0 bridgehead atoms. The molecule has 1 aliphatic heterocycles. The minimum atomic E-state index is 1.19. The van der Waals surface area contributed by atoms with Gasteiger partial charge >= 0.3 is 0 Å². The summed E-state index contributed by atoms with van der Waals surface area (Å²) in [5, 5.41) is 4.31. The molecule has 1 radical (unpaired) electrons. The second-order valence-corrected chi connectivity index (χ2v) is 3.35. The van der Waals surface area contributed by atoms with E-state index in [1.807, 2.05) is 12.3 Å². The van der Waals surface area contributed by atoms with Crippen LogP contribution in [-0.2, 0) is 0 Å². The van der Waals surface area contributed by atoms with Gasteiger partial charge < -0.3 is 0 Å². The van der Waals surface area contributed by atoms with Crippen LogP contribution in [0, 0.1) is 0 Å². The largest absolute Gasteiger partial charge is 0.257 e. The Morgan fingerprint density at radius 3 is 3.00 bits per heavy atom. The first-order valence-corrected chi connectivity index (χ1v) is 4.74. The highest BCUT2D eigenvalue weighted by Gasteiger charge is 2.09. The van der Waals surface area contributed by atoms with Crippen molar-refractivity contribution in [3.63, 3.8) is 0 Å². The molecule has 0 spiro atoms. The van der Waals surface area contributed by atoms with Crippen molar-refractivity contribution in [2.24, 2.45) is 0 Å². The first-order valence-electron chi connectivity index (χ1n) is 4.74. The normalized spacial score (nSPS) is 22.7. The quantitative estimate of drug-likeness (QED) is 0.560. The Morgan fingerprint density at radius 1 is 1.17 bits per heavy atom. The molecule has 63 valence electrons. The second kappa shape index (κ2) is 3.61. The van der Waals surface area contributed by atoms with Crippen LogP contribution in [0.4, 0.5) is 0 Å². The number of rotatable bonds is 1. The maximum atomic E-state index is 4.31. The lowest BCUT2D eigenvalue weighted by atomic mass is 10.1. The Bertz CT molecular complexity index is 246. The van der Waals surface area contributed by atoms with Crippen LogP contribution in [0.25, 0.3) is 0 Å². The summed E-state index contributed by atoms with van der Waals surface area (Å²) < 4.78 is 0. The highest BCUT2D eigenvalue weighted by molar-refractivity contribution is 5.37. The summed E-state index contributed by atoms with van der Waals surface area (Å²) in [5.74, 6) is 0. The molecule has 2 rings (SSSR count). The molecule has 0 aromatic rings. The van der Waals surface area contributed by atoms with Crippen LogP contribution < -0.4 is 5.32 Å². The summed E-state index contributed by atoms with van der Waals surface area (Å²) in [4.78, 5) is 0. The summed E-state index contributed by atoms with van der Waals surface area (Å²) in [6, 6.07) is 0. The van der Waals surface area contributed by atoms with Crippen molar-refractivity contribution in [1.82, 2.24) is 5.32 Å². The lowest BCUT2D eigenvalue weighted by Crippen LogP contribution is -1.96. The molecule has 0 N–H and O–H groups in total. The summed E-state index contributed by atoms with van der Waals surface area (Å²) in [5.41, 5.74) is 2.65. The first kappa shape index (κ1) is 7.66. The monoisotopic (exact) mass is 160 g/mol. The van der Waals surface area contributed by atoms with Gasteiger partial charge in [-0.25, -0.2) is 0 Å². The van der Waals surface area contributed by atoms with Crippen LogP contribution in [0.3, 0.4) is 0 Å². The van der Waals surface area contributed by atoms with Gasteiger partial charge in [0, 0.05) is 6.20 Å². The third-order valence-corrected chi connectivity index (χ3v) is 2.42. The number of allylic oxidation sites excluding steroid dienone is 4. The van der Waals surface area contributed by atoms with Crippen molar-refractivity contribution in [2.75, 3.05) is 0 Å². The van der Waals surface area contributed by atoms with E-state index in [-0.39, 0.29) is 0 Å². The Labute approximate surface area is 73.9 Å². The molecule has 12 heavy (non-hydrogen) atoms. The van der Waals surface area contributed by atoms with E-state index in [2.05, 4.69) is 17.5 Å². The SMILES string of the molecule is C1=C[N]C(C2=CCCCCC2)=C1. The maximum Gasteiger partial charge on any atom is 0.0658 e. The van der Waals surface area contributed by atoms with Crippen molar-refractivity contribution in [3.8, 4) is 0 Å². The zero-order valence-corrected chi connectivity index (χ0v) is 7.29. The predicted molar refractivity (Wildman–Crippen MR) is 50.5 cm³/mol. The van der Waals surface area contributed by atoms with Gasteiger partial charge in [0.25, 0.3) is 0 Å². The van der Waals surface area contributed by atoms with Crippen LogP contribution >= 0.6 is 0 Å². The molecule has 1 heterocycles. The van der Waals surface area contributed by atoms with Gasteiger partial charge in [-0.1, -0.05) is 12.5 Å². The molecular weight excluding hydrogens is 146 g/mol. The second-order valence-electron chi connectivity index (χ2n) is 3.35. The maximum absolute atomic E-state index is 4.31. The average Bonchev–Trinajstić information content (AvgIpc) is 2.48.